The molecule has 0 spiro atoms. The van der Waals surface area contributed by atoms with E-state index < -0.39 is 29.7 Å². The maximum atomic E-state index is 13.3. The number of fused-ring (bicyclic) bond motifs is 2. The number of imide groups is 2. The number of imidazole rings is 1. The summed E-state index contributed by atoms with van der Waals surface area (Å²) >= 11 is 0. The minimum absolute atomic E-state index is 0.0554. The van der Waals surface area contributed by atoms with Gasteiger partial charge in [-0.05, 0) is 68.3 Å². The van der Waals surface area contributed by atoms with Gasteiger partial charge in [0.15, 0.2) is 11.5 Å². The number of piperazine rings is 1. The number of amides is 5. The lowest BCUT2D eigenvalue weighted by Gasteiger charge is -2.36. The number of hydrogen-bond donors (Lipinski definition) is 3. The van der Waals surface area contributed by atoms with Crippen LogP contribution in [0, 0.1) is 13.8 Å². The van der Waals surface area contributed by atoms with Crippen molar-refractivity contribution in [3.63, 3.8) is 0 Å². The molecular weight excluding hydrogens is 885 g/mol. The van der Waals surface area contributed by atoms with E-state index >= 15 is 0 Å². The zero-order valence-corrected chi connectivity index (χ0v) is 38.6. The van der Waals surface area contributed by atoms with Crippen LogP contribution in [0.15, 0.2) is 89.6 Å². The number of anilines is 2. The first-order valence-corrected chi connectivity index (χ1v) is 23.2. The summed E-state index contributed by atoms with van der Waals surface area (Å²) < 4.78 is 24.4. The molecule has 6 aromatic rings. The van der Waals surface area contributed by atoms with Crippen LogP contribution in [0.4, 0.5) is 11.4 Å². The van der Waals surface area contributed by atoms with Gasteiger partial charge in [0, 0.05) is 73.4 Å². The molecule has 1 unspecified atom stereocenters. The van der Waals surface area contributed by atoms with Gasteiger partial charge in [0.25, 0.3) is 11.8 Å². The fraction of sp³-hybridized carbons (Fsp3) is 0.360. The number of pyridine rings is 1. The Bertz CT molecular complexity index is 2820. The van der Waals surface area contributed by atoms with E-state index in [9.17, 15) is 24.0 Å². The lowest BCUT2D eigenvalue weighted by Crippen LogP contribution is -2.54. The molecule has 69 heavy (non-hydrogen) atoms. The fourth-order valence-corrected chi connectivity index (χ4v) is 8.97. The molecule has 0 aliphatic carbocycles. The summed E-state index contributed by atoms with van der Waals surface area (Å²) in [4.78, 5) is 78.4. The smallest absolute Gasteiger partial charge is 0.264 e. The zero-order valence-electron chi connectivity index (χ0n) is 38.6. The Kier molecular flexibility index (Phi) is 14.3. The number of ether oxygens (including phenoxy) is 3. The Morgan fingerprint density at radius 3 is 2.26 bits per heavy atom. The van der Waals surface area contributed by atoms with Gasteiger partial charge in [0.05, 0.1) is 69.4 Å². The second-order valence-electron chi connectivity index (χ2n) is 16.9. The van der Waals surface area contributed by atoms with E-state index in [0.717, 1.165) is 55.6 Å². The van der Waals surface area contributed by atoms with Crippen molar-refractivity contribution in [2.24, 2.45) is 0 Å². The summed E-state index contributed by atoms with van der Waals surface area (Å²) in [5.74, 6) is -0.689. The number of rotatable bonds is 20. The lowest BCUT2D eigenvalue weighted by atomic mass is 10.0. The predicted octanol–water partition coefficient (Wildman–Crippen LogP) is 4.72. The number of piperidine rings is 1. The lowest BCUT2D eigenvalue weighted by molar-refractivity contribution is -0.136. The molecule has 3 aromatic carbocycles. The van der Waals surface area contributed by atoms with Crippen molar-refractivity contribution >= 4 is 52.1 Å². The van der Waals surface area contributed by atoms with Crippen LogP contribution >= 0.6 is 0 Å². The summed E-state index contributed by atoms with van der Waals surface area (Å²) in [5.41, 5.74) is 11.6. The van der Waals surface area contributed by atoms with E-state index in [0.29, 0.717) is 90.2 Å². The van der Waals surface area contributed by atoms with Crippen LogP contribution in [-0.2, 0) is 35.1 Å². The maximum absolute atomic E-state index is 13.3. The summed E-state index contributed by atoms with van der Waals surface area (Å²) in [6, 6.07) is 24.4. The minimum atomic E-state index is -1.03. The highest BCUT2D eigenvalue weighted by molar-refractivity contribution is 6.25. The first-order valence-electron chi connectivity index (χ1n) is 23.2. The molecule has 19 nitrogen and oxygen atoms in total. The molecule has 3 aromatic heterocycles. The van der Waals surface area contributed by atoms with Crippen molar-refractivity contribution in [3.05, 3.63) is 113 Å². The van der Waals surface area contributed by atoms with Crippen LogP contribution in [0.3, 0.4) is 0 Å². The second-order valence-corrected chi connectivity index (χ2v) is 16.9. The normalized spacial score (nSPS) is 16.1. The van der Waals surface area contributed by atoms with Gasteiger partial charge < -0.3 is 39.3 Å². The number of carbonyl (C=O) groups is 5. The van der Waals surface area contributed by atoms with E-state index in [4.69, 9.17) is 28.7 Å². The van der Waals surface area contributed by atoms with Crippen molar-refractivity contribution in [2.75, 3.05) is 88.0 Å². The standard InChI is InChI=1S/C50H54N10O9/c1-32-43(33(2)69-56-32)37-17-19-52-47-45(37)55-46(60(47)53-31-34-7-4-3-5-8-34)35-11-13-36(14-12-35)57-21-23-58(24-22-57)42(62)18-25-66-27-29-68-30-28-67-26-20-51-39-10-6-9-38-44(39)50(65)59(49(38)64)40-15-16-41(61)54-48(40)63/h3-14,17,19,40,51,53H,15-16,18,20-31H2,1-2H3,(H,54,61,63). The number of benzene rings is 3. The summed E-state index contributed by atoms with van der Waals surface area (Å²) in [6.07, 6.45) is 2.22. The van der Waals surface area contributed by atoms with E-state index in [-0.39, 0.29) is 36.3 Å². The van der Waals surface area contributed by atoms with Gasteiger partial charge in [0.2, 0.25) is 17.7 Å². The van der Waals surface area contributed by atoms with Crippen molar-refractivity contribution in [3.8, 4) is 22.5 Å². The van der Waals surface area contributed by atoms with Crippen molar-refractivity contribution in [1.29, 1.82) is 0 Å². The van der Waals surface area contributed by atoms with Crippen molar-refractivity contribution in [2.45, 2.75) is 45.7 Å². The first-order chi connectivity index (χ1) is 33.7. The molecule has 0 bridgehead atoms. The predicted molar refractivity (Wildman–Crippen MR) is 255 cm³/mol. The van der Waals surface area contributed by atoms with Gasteiger partial charge in [-0.3, -0.25) is 34.2 Å². The van der Waals surface area contributed by atoms with Crippen LogP contribution in [0.5, 0.6) is 0 Å². The van der Waals surface area contributed by atoms with E-state index in [1.165, 1.54) is 0 Å². The monoisotopic (exact) mass is 938 g/mol. The van der Waals surface area contributed by atoms with Crippen LogP contribution in [-0.4, -0.2) is 138 Å². The molecule has 358 valence electrons. The third-order valence-electron chi connectivity index (χ3n) is 12.5. The molecule has 0 saturated carbocycles. The number of aryl methyl sites for hydroxylation is 2. The highest BCUT2D eigenvalue weighted by Crippen LogP contribution is 2.35. The molecule has 3 aliphatic rings. The Morgan fingerprint density at radius 1 is 0.797 bits per heavy atom. The molecule has 9 rings (SSSR count). The van der Waals surface area contributed by atoms with Gasteiger partial charge >= 0.3 is 0 Å². The number of carbonyl (C=O) groups excluding carboxylic acids is 5. The minimum Gasteiger partial charge on any atom is -0.382 e. The average Bonchev–Trinajstić information content (AvgIpc) is 4.00. The molecule has 19 heteroatoms. The quantitative estimate of drug-likeness (QED) is 0.0698. The van der Waals surface area contributed by atoms with Crippen LogP contribution in [0.2, 0.25) is 0 Å². The van der Waals surface area contributed by atoms with Crippen molar-refractivity contribution in [1.82, 2.24) is 34.9 Å². The molecule has 3 aliphatic heterocycles. The highest BCUT2D eigenvalue weighted by Gasteiger charge is 2.45. The van der Waals surface area contributed by atoms with E-state index in [2.05, 4.69) is 62.5 Å². The van der Waals surface area contributed by atoms with Crippen molar-refractivity contribution < 1.29 is 42.7 Å². The van der Waals surface area contributed by atoms with Crippen LogP contribution in [0.25, 0.3) is 33.7 Å². The van der Waals surface area contributed by atoms with Gasteiger partial charge in [-0.15, -0.1) is 0 Å². The Labute approximate surface area is 398 Å². The Hall–Kier alpha value is -7.48. The van der Waals surface area contributed by atoms with E-state index in [1.54, 1.807) is 24.4 Å². The van der Waals surface area contributed by atoms with Crippen LogP contribution < -0.4 is 21.0 Å². The second kappa shape index (κ2) is 21.2. The average molecular weight is 939 g/mol. The Balaban J connectivity index is 0.675. The molecular formula is C50H54N10O9. The first kappa shape index (κ1) is 46.6. The van der Waals surface area contributed by atoms with Crippen LogP contribution in [0.1, 0.15) is 57.0 Å². The number of hydrogen-bond acceptors (Lipinski definition) is 15. The molecule has 2 saturated heterocycles. The largest absolute Gasteiger partial charge is 0.382 e. The highest BCUT2D eigenvalue weighted by atomic mass is 16.5. The summed E-state index contributed by atoms with van der Waals surface area (Å²) in [7, 11) is 0. The van der Waals surface area contributed by atoms with Gasteiger partial charge in [-0.2, -0.15) is 0 Å². The molecule has 1 atom stereocenters. The maximum Gasteiger partial charge on any atom is 0.264 e. The molecule has 2 fully saturated rings. The zero-order chi connectivity index (χ0) is 47.9. The number of nitrogens with one attached hydrogen (secondary N) is 3. The Morgan fingerprint density at radius 2 is 1.54 bits per heavy atom. The third kappa shape index (κ3) is 10.2. The SMILES string of the molecule is Cc1noc(C)c1-c1ccnc2c1nc(-c1ccc(N3CCN(C(=O)CCOCCOCCOCCNc4cccc5c4C(=O)N(C4CCC(=O)NC4=O)C5=O)CC3)cc1)n2NCc1ccccc1. The topological polar surface area (TPSA) is 216 Å². The molecule has 5 amide bonds. The molecule has 3 N–H and O–H groups in total. The fourth-order valence-electron chi connectivity index (χ4n) is 8.97. The number of nitrogens with zero attached hydrogens (tertiary/aromatic N) is 7. The van der Waals surface area contributed by atoms with Gasteiger partial charge in [-0.1, -0.05) is 41.6 Å². The van der Waals surface area contributed by atoms with Gasteiger partial charge in [-0.25, -0.2) is 14.6 Å². The summed E-state index contributed by atoms with van der Waals surface area (Å²) in [5, 5.41) is 9.54. The van der Waals surface area contributed by atoms with E-state index in [1.807, 2.05) is 47.7 Å². The third-order valence-corrected chi connectivity index (χ3v) is 12.5. The number of aromatic nitrogens is 4. The van der Waals surface area contributed by atoms with Gasteiger partial charge in [0.1, 0.15) is 17.3 Å². The summed E-state index contributed by atoms with van der Waals surface area (Å²) in [6.45, 7) is 9.41. The molecule has 6 heterocycles. The molecule has 0 radical (unpaired) electrons.